The third kappa shape index (κ3) is 2.31. The van der Waals surface area contributed by atoms with Gasteiger partial charge in [-0.05, 0) is 0 Å². The number of rotatable bonds is 3. The molecule has 0 aliphatic heterocycles. The van der Waals surface area contributed by atoms with Gasteiger partial charge in [-0.15, -0.1) is 0 Å². The van der Waals surface area contributed by atoms with Crippen LogP contribution in [0.4, 0.5) is 5.13 Å². The average molecular weight is 252 g/mol. The Bertz CT molecular complexity index is 524. The number of carbonyl (C=O) groups is 1. The van der Waals surface area contributed by atoms with Crippen LogP contribution in [0.3, 0.4) is 0 Å². The number of carbonyl (C=O) groups excluding carboxylic acids is 1. The zero-order valence-electron chi connectivity index (χ0n) is 9.73. The molecule has 0 aliphatic carbocycles. The van der Waals surface area contributed by atoms with Crippen LogP contribution in [-0.4, -0.2) is 25.1 Å². The highest BCUT2D eigenvalue weighted by atomic mass is 32.1. The number of anilines is 1. The van der Waals surface area contributed by atoms with Crippen molar-refractivity contribution < 1.29 is 14.3 Å². The second kappa shape index (κ2) is 4.58. The Balaban J connectivity index is 2.49. The predicted octanol–water partition coefficient (Wildman–Crippen LogP) is 2.27. The topological polar surface area (TPSA) is 60.5 Å². The second-order valence-corrected chi connectivity index (χ2v) is 4.41. The molecule has 1 aromatic carbocycles. The number of methoxy groups -OCH3 is 2. The largest absolute Gasteiger partial charge is 0.493 e. The van der Waals surface area contributed by atoms with Gasteiger partial charge in [-0.3, -0.25) is 4.79 Å². The number of thiazole rings is 1. The first-order valence-corrected chi connectivity index (χ1v) is 5.76. The first-order valence-electron chi connectivity index (χ1n) is 4.94. The Hall–Kier alpha value is -1.82. The summed E-state index contributed by atoms with van der Waals surface area (Å²) < 4.78 is 11.3. The highest BCUT2D eigenvalue weighted by Gasteiger charge is 2.10. The third-order valence-electron chi connectivity index (χ3n) is 2.18. The minimum Gasteiger partial charge on any atom is -0.493 e. The Kier molecular flexibility index (Phi) is 3.14. The number of hydrogen-bond acceptors (Lipinski definition) is 5. The van der Waals surface area contributed by atoms with E-state index in [9.17, 15) is 4.79 Å². The van der Waals surface area contributed by atoms with Crippen molar-refractivity contribution in [3.05, 3.63) is 12.1 Å². The molecule has 2 rings (SSSR count). The SMILES string of the molecule is COc1cc2nc(NC(C)=O)sc2cc1OC. The molecule has 5 nitrogen and oxygen atoms in total. The Morgan fingerprint density at radius 3 is 2.53 bits per heavy atom. The van der Waals surface area contributed by atoms with E-state index in [4.69, 9.17) is 9.47 Å². The molecule has 90 valence electrons. The van der Waals surface area contributed by atoms with E-state index in [-0.39, 0.29) is 5.91 Å². The van der Waals surface area contributed by atoms with Crippen molar-refractivity contribution in [2.45, 2.75) is 6.92 Å². The van der Waals surface area contributed by atoms with E-state index in [0.29, 0.717) is 16.6 Å². The minimum atomic E-state index is -0.136. The molecular weight excluding hydrogens is 240 g/mol. The lowest BCUT2D eigenvalue weighted by Crippen LogP contribution is -2.04. The smallest absolute Gasteiger partial charge is 0.223 e. The van der Waals surface area contributed by atoms with Gasteiger partial charge in [-0.2, -0.15) is 0 Å². The fraction of sp³-hybridized carbons (Fsp3) is 0.273. The molecule has 2 aromatic rings. The maximum Gasteiger partial charge on any atom is 0.223 e. The zero-order valence-corrected chi connectivity index (χ0v) is 10.6. The molecule has 0 spiro atoms. The molecule has 1 heterocycles. The van der Waals surface area contributed by atoms with E-state index < -0.39 is 0 Å². The van der Waals surface area contributed by atoms with E-state index in [2.05, 4.69) is 10.3 Å². The number of hydrogen-bond donors (Lipinski definition) is 1. The highest BCUT2D eigenvalue weighted by Crippen LogP contribution is 2.35. The van der Waals surface area contributed by atoms with Crippen molar-refractivity contribution in [2.75, 3.05) is 19.5 Å². The molecule has 17 heavy (non-hydrogen) atoms. The van der Waals surface area contributed by atoms with Gasteiger partial charge in [0, 0.05) is 19.1 Å². The van der Waals surface area contributed by atoms with Gasteiger partial charge in [0.25, 0.3) is 0 Å². The van der Waals surface area contributed by atoms with Crippen molar-refractivity contribution in [3.8, 4) is 11.5 Å². The lowest BCUT2D eigenvalue weighted by Gasteiger charge is -2.05. The summed E-state index contributed by atoms with van der Waals surface area (Å²) in [5.41, 5.74) is 0.774. The Morgan fingerprint density at radius 2 is 1.94 bits per heavy atom. The molecule has 0 saturated heterocycles. The standard InChI is InChI=1S/C11H12N2O3S/c1-6(14)12-11-13-7-4-8(15-2)9(16-3)5-10(7)17-11/h4-5H,1-3H3,(H,12,13,14). The van der Waals surface area contributed by atoms with Crippen molar-refractivity contribution in [1.82, 2.24) is 4.98 Å². The van der Waals surface area contributed by atoms with Crippen molar-refractivity contribution in [2.24, 2.45) is 0 Å². The van der Waals surface area contributed by atoms with Gasteiger partial charge in [0.15, 0.2) is 16.6 Å². The Morgan fingerprint density at radius 1 is 1.29 bits per heavy atom. The molecule has 0 unspecified atom stereocenters. The van der Waals surface area contributed by atoms with Gasteiger partial charge in [-0.25, -0.2) is 4.98 Å². The Labute approximate surface area is 102 Å². The summed E-state index contributed by atoms with van der Waals surface area (Å²) in [6.07, 6.45) is 0. The van der Waals surface area contributed by atoms with Crippen LogP contribution in [0.15, 0.2) is 12.1 Å². The van der Waals surface area contributed by atoms with Crippen LogP contribution in [0, 0.1) is 0 Å². The summed E-state index contributed by atoms with van der Waals surface area (Å²) >= 11 is 1.40. The minimum absolute atomic E-state index is 0.136. The second-order valence-electron chi connectivity index (χ2n) is 3.38. The number of nitrogens with one attached hydrogen (secondary N) is 1. The molecule has 0 bridgehead atoms. The summed E-state index contributed by atoms with van der Waals surface area (Å²) in [4.78, 5) is 15.2. The van der Waals surface area contributed by atoms with E-state index >= 15 is 0 Å². The van der Waals surface area contributed by atoms with Gasteiger partial charge in [0.1, 0.15) is 0 Å². The average Bonchev–Trinajstić information content (AvgIpc) is 2.66. The molecule has 0 fully saturated rings. The van der Waals surface area contributed by atoms with Crippen LogP contribution in [0.1, 0.15) is 6.92 Å². The van der Waals surface area contributed by atoms with Crippen molar-refractivity contribution in [3.63, 3.8) is 0 Å². The normalized spacial score (nSPS) is 10.3. The quantitative estimate of drug-likeness (QED) is 0.910. The molecule has 0 aliphatic rings. The van der Waals surface area contributed by atoms with Crippen LogP contribution in [0.2, 0.25) is 0 Å². The monoisotopic (exact) mass is 252 g/mol. The van der Waals surface area contributed by atoms with Crippen LogP contribution in [-0.2, 0) is 4.79 Å². The fourth-order valence-corrected chi connectivity index (χ4v) is 2.38. The lowest BCUT2D eigenvalue weighted by atomic mass is 10.3. The van der Waals surface area contributed by atoms with Crippen LogP contribution < -0.4 is 14.8 Å². The fourth-order valence-electron chi connectivity index (χ4n) is 1.46. The van der Waals surface area contributed by atoms with E-state index in [1.54, 1.807) is 20.3 Å². The van der Waals surface area contributed by atoms with Gasteiger partial charge in [0.05, 0.1) is 24.4 Å². The molecule has 0 atom stereocenters. The first-order chi connectivity index (χ1) is 8.13. The summed E-state index contributed by atoms with van der Waals surface area (Å²) in [5.74, 6) is 1.14. The number of ether oxygens (including phenoxy) is 2. The number of aromatic nitrogens is 1. The van der Waals surface area contributed by atoms with Gasteiger partial charge in [0.2, 0.25) is 5.91 Å². The van der Waals surface area contributed by atoms with Crippen molar-refractivity contribution >= 4 is 32.6 Å². The highest BCUT2D eigenvalue weighted by molar-refractivity contribution is 7.22. The molecule has 6 heteroatoms. The third-order valence-corrected chi connectivity index (χ3v) is 3.11. The first kappa shape index (κ1) is 11.7. The zero-order chi connectivity index (χ0) is 12.4. The molecule has 0 saturated carbocycles. The van der Waals surface area contributed by atoms with E-state index in [0.717, 1.165) is 10.2 Å². The van der Waals surface area contributed by atoms with Gasteiger partial charge in [-0.1, -0.05) is 11.3 Å². The lowest BCUT2D eigenvalue weighted by molar-refractivity contribution is -0.114. The summed E-state index contributed by atoms with van der Waals surface area (Å²) in [6, 6.07) is 3.63. The predicted molar refractivity (Wildman–Crippen MR) is 67.0 cm³/mol. The van der Waals surface area contributed by atoms with Crippen molar-refractivity contribution in [1.29, 1.82) is 0 Å². The molecule has 1 amide bonds. The summed E-state index contributed by atoms with van der Waals surface area (Å²) in [7, 11) is 3.16. The van der Waals surface area contributed by atoms with E-state index in [1.807, 2.05) is 6.07 Å². The van der Waals surface area contributed by atoms with Crippen LogP contribution in [0.25, 0.3) is 10.2 Å². The van der Waals surface area contributed by atoms with Crippen LogP contribution in [0.5, 0.6) is 11.5 Å². The molecular formula is C11H12N2O3S. The number of amides is 1. The number of benzene rings is 1. The summed E-state index contributed by atoms with van der Waals surface area (Å²) in [6.45, 7) is 1.45. The molecule has 0 radical (unpaired) electrons. The van der Waals surface area contributed by atoms with E-state index in [1.165, 1.54) is 18.3 Å². The number of fused-ring (bicyclic) bond motifs is 1. The summed E-state index contributed by atoms with van der Waals surface area (Å²) in [5, 5.41) is 3.23. The number of nitrogens with zero attached hydrogens (tertiary/aromatic N) is 1. The van der Waals surface area contributed by atoms with Crippen LogP contribution >= 0.6 is 11.3 Å². The maximum atomic E-state index is 10.9. The van der Waals surface area contributed by atoms with Gasteiger partial charge >= 0.3 is 0 Å². The molecule has 1 aromatic heterocycles. The molecule has 1 N–H and O–H groups in total. The van der Waals surface area contributed by atoms with Gasteiger partial charge < -0.3 is 14.8 Å². The maximum absolute atomic E-state index is 10.9.